The van der Waals surface area contributed by atoms with Crippen LogP contribution >= 0.6 is 0 Å². The van der Waals surface area contributed by atoms with Gasteiger partial charge >= 0.3 is 71.5 Å². The minimum atomic E-state index is -1.56. The van der Waals surface area contributed by atoms with Gasteiger partial charge in [0, 0.05) is 0 Å². The molecule has 11 heavy (non-hydrogen) atoms. The second kappa shape index (κ2) is 2.93. The molecule has 0 aromatic rings. The van der Waals surface area contributed by atoms with Crippen molar-refractivity contribution in [2.45, 2.75) is 47.7 Å². The number of carbonyl (C=O) groups excluding carboxylic acids is 1. The molecule has 1 rings (SSSR count). The van der Waals surface area contributed by atoms with Crippen LogP contribution in [0, 0.1) is 0 Å². The molecule has 1 fully saturated rings. The van der Waals surface area contributed by atoms with Crippen molar-refractivity contribution in [1.82, 2.24) is 0 Å². The molecule has 0 spiro atoms. The Morgan fingerprint density at radius 3 is 1.91 bits per heavy atom. The zero-order chi connectivity index (χ0) is 8.65. The number of rotatable bonds is 0. The Balaban J connectivity index is 2.75. The van der Waals surface area contributed by atoms with E-state index in [1.165, 1.54) is 0 Å². The Bertz CT molecular complexity index is 158. The summed E-state index contributed by atoms with van der Waals surface area (Å²) >= 11 is -1.56. The quantitative estimate of drug-likeness (QED) is 0.567. The molecule has 1 saturated heterocycles. The number of ketones is 1. The predicted molar refractivity (Wildman–Crippen MR) is 50.6 cm³/mol. The minimum absolute atomic E-state index is 0.495. The first-order valence-electron chi connectivity index (χ1n) is 4.46. The van der Waals surface area contributed by atoms with E-state index in [0.29, 0.717) is 5.78 Å². The molecular weight excluding hydrogens is 197 g/mol. The van der Waals surface area contributed by atoms with Gasteiger partial charge in [0.15, 0.2) is 0 Å². The Morgan fingerprint density at radius 1 is 1.18 bits per heavy atom. The molecule has 2 heteroatoms. The standard InChI is InChI=1S/C9H18GeO/c1-7-5-9(11)6-8(2)10(7,3)4/h7-8H,5-6H2,1-4H3/t7-,8-/m0/s1. The summed E-state index contributed by atoms with van der Waals surface area (Å²) in [5.74, 6) is 5.42. The van der Waals surface area contributed by atoms with Crippen LogP contribution in [-0.2, 0) is 4.79 Å². The molecule has 0 bridgehead atoms. The van der Waals surface area contributed by atoms with Crippen LogP contribution in [0.1, 0.15) is 26.7 Å². The van der Waals surface area contributed by atoms with Gasteiger partial charge in [0.1, 0.15) is 0 Å². The third-order valence-corrected chi connectivity index (χ3v) is 15.1. The van der Waals surface area contributed by atoms with Crippen LogP contribution in [-0.4, -0.2) is 19.0 Å². The molecule has 0 aromatic carbocycles. The van der Waals surface area contributed by atoms with Crippen molar-refractivity contribution in [2.75, 3.05) is 0 Å². The van der Waals surface area contributed by atoms with Crippen LogP contribution in [0.25, 0.3) is 0 Å². The summed E-state index contributed by atoms with van der Waals surface area (Å²) in [7, 11) is 0. The molecule has 0 saturated carbocycles. The zero-order valence-corrected chi connectivity index (χ0v) is 10.1. The molecule has 1 aliphatic rings. The molecule has 0 radical (unpaired) electrons. The fourth-order valence-corrected chi connectivity index (χ4v) is 6.98. The first-order chi connectivity index (χ1) is 4.94. The van der Waals surface area contributed by atoms with Crippen LogP contribution in [0.2, 0.25) is 21.0 Å². The molecule has 0 aliphatic carbocycles. The molecule has 0 N–H and O–H groups in total. The van der Waals surface area contributed by atoms with Gasteiger partial charge in [-0.25, -0.2) is 0 Å². The third-order valence-electron chi connectivity index (χ3n) is 3.61. The molecule has 1 heterocycles. The Hall–Kier alpha value is 0.213. The van der Waals surface area contributed by atoms with Crippen LogP contribution in [0.5, 0.6) is 0 Å². The van der Waals surface area contributed by atoms with Crippen molar-refractivity contribution in [2.24, 2.45) is 0 Å². The number of hydrogen-bond acceptors (Lipinski definition) is 1. The van der Waals surface area contributed by atoms with Gasteiger partial charge in [0.05, 0.1) is 0 Å². The monoisotopic (exact) mass is 216 g/mol. The summed E-state index contributed by atoms with van der Waals surface area (Å²) in [6.07, 6.45) is 1.74. The molecule has 0 aromatic heterocycles. The van der Waals surface area contributed by atoms with Gasteiger partial charge in [-0.2, -0.15) is 0 Å². The number of hydrogen-bond donors (Lipinski definition) is 0. The molecule has 1 aliphatic heterocycles. The fourth-order valence-electron chi connectivity index (χ4n) is 1.78. The van der Waals surface area contributed by atoms with Crippen LogP contribution in [0.15, 0.2) is 0 Å². The van der Waals surface area contributed by atoms with E-state index in [-0.39, 0.29) is 0 Å². The van der Waals surface area contributed by atoms with E-state index in [0.717, 1.165) is 22.3 Å². The van der Waals surface area contributed by atoms with E-state index >= 15 is 0 Å². The number of carbonyl (C=O) groups is 1. The maximum absolute atomic E-state index is 11.2. The van der Waals surface area contributed by atoms with Crippen molar-refractivity contribution < 1.29 is 4.79 Å². The normalized spacial score (nSPS) is 37.3. The summed E-state index contributed by atoms with van der Waals surface area (Å²) in [5, 5.41) is 0. The molecule has 1 nitrogen and oxygen atoms in total. The van der Waals surface area contributed by atoms with E-state index < -0.39 is 13.3 Å². The maximum atomic E-state index is 11.2. The van der Waals surface area contributed by atoms with Crippen LogP contribution in [0.4, 0.5) is 0 Å². The fraction of sp³-hybridized carbons (Fsp3) is 0.889. The van der Waals surface area contributed by atoms with Crippen molar-refractivity contribution >= 4 is 19.0 Å². The van der Waals surface area contributed by atoms with E-state index in [1.807, 2.05) is 0 Å². The van der Waals surface area contributed by atoms with Crippen molar-refractivity contribution in [1.29, 1.82) is 0 Å². The number of Topliss-reactive ketones (excluding diaryl/α,β-unsaturated/α-hetero) is 1. The molecule has 0 amide bonds. The van der Waals surface area contributed by atoms with Gasteiger partial charge in [-0.3, -0.25) is 0 Å². The zero-order valence-electron chi connectivity index (χ0n) is 7.98. The van der Waals surface area contributed by atoms with Gasteiger partial charge in [0.25, 0.3) is 0 Å². The van der Waals surface area contributed by atoms with Gasteiger partial charge in [-0.05, 0) is 0 Å². The van der Waals surface area contributed by atoms with Gasteiger partial charge < -0.3 is 0 Å². The van der Waals surface area contributed by atoms with Crippen molar-refractivity contribution in [3.63, 3.8) is 0 Å². The second-order valence-electron chi connectivity index (χ2n) is 4.57. The topological polar surface area (TPSA) is 17.1 Å². The average Bonchev–Trinajstić information content (AvgIpc) is 1.84. The first kappa shape index (κ1) is 9.30. The van der Waals surface area contributed by atoms with Crippen molar-refractivity contribution in [3.05, 3.63) is 0 Å². The Morgan fingerprint density at radius 2 is 1.55 bits per heavy atom. The van der Waals surface area contributed by atoms with E-state index in [1.54, 1.807) is 0 Å². The van der Waals surface area contributed by atoms with Gasteiger partial charge in [-0.15, -0.1) is 0 Å². The van der Waals surface area contributed by atoms with E-state index in [2.05, 4.69) is 25.4 Å². The van der Waals surface area contributed by atoms with E-state index in [9.17, 15) is 4.79 Å². The van der Waals surface area contributed by atoms with Crippen LogP contribution in [0.3, 0.4) is 0 Å². The van der Waals surface area contributed by atoms with E-state index in [4.69, 9.17) is 0 Å². The molecular formula is C9H18GeO. The summed E-state index contributed by atoms with van der Waals surface area (Å²) in [5.41, 5.74) is 0. The summed E-state index contributed by atoms with van der Waals surface area (Å²) < 4.78 is 1.48. The molecule has 0 unspecified atom stereocenters. The predicted octanol–water partition coefficient (Wildman–Crippen LogP) is 2.84. The molecule has 2 atom stereocenters. The Labute approximate surface area is 71.9 Å². The summed E-state index contributed by atoms with van der Waals surface area (Å²) in [4.78, 5) is 11.2. The van der Waals surface area contributed by atoms with Crippen molar-refractivity contribution in [3.8, 4) is 0 Å². The SMILES string of the molecule is C[C@H]1CC(=O)C[C@H](C)[Ge]1([CH3])[CH3]. The van der Waals surface area contributed by atoms with Gasteiger partial charge in [-0.1, -0.05) is 0 Å². The van der Waals surface area contributed by atoms with Gasteiger partial charge in [0.2, 0.25) is 0 Å². The second-order valence-corrected chi connectivity index (χ2v) is 16.3. The summed E-state index contributed by atoms with van der Waals surface area (Å²) in [6, 6.07) is 0. The average molecular weight is 215 g/mol. The third kappa shape index (κ3) is 1.69. The Kier molecular flexibility index (Phi) is 2.47. The molecule has 64 valence electrons. The van der Waals surface area contributed by atoms with Crippen LogP contribution < -0.4 is 0 Å². The summed E-state index contributed by atoms with van der Waals surface area (Å²) in [6.45, 7) is 4.54. The first-order valence-corrected chi connectivity index (χ1v) is 11.1.